The zero-order chi connectivity index (χ0) is 23.5. The summed E-state index contributed by atoms with van der Waals surface area (Å²) in [5.41, 5.74) is 1.93. The van der Waals surface area contributed by atoms with Crippen molar-refractivity contribution in [2.45, 2.75) is 37.6 Å². The molecule has 2 aliphatic heterocycles. The van der Waals surface area contributed by atoms with Gasteiger partial charge in [0.05, 0.1) is 36.3 Å². The number of imidazole rings is 1. The van der Waals surface area contributed by atoms with Crippen LogP contribution in [0.3, 0.4) is 0 Å². The van der Waals surface area contributed by atoms with E-state index in [-0.39, 0.29) is 12.1 Å². The van der Waals surface area contributed by atoms with Gasteiger partial charge in [-0.3, -0.25) is 0 Å². The fraction of sp³-hybridized carbons (Fsp3) is 0.500. The highest BCUT2D eigenvalue weighted by molar-refractivity contribution is 7.91. The van der Waals surface area contributed by atoms with Gasteiger partial charge in [0, 0.05) is 13.3 Å². The maximum Gasteiger partial charge on any atom is 0.239 e. The average Bonchev–Trinajstić information content (AvgIpc) is 3.16. The molecule has 0 aliphatic carbocycles. The molecule has 5 rings (SSSR count). The maximum atomic E-state index is 12.8. The second-order valence-electron chi connectivity index (χ2n) is 9.08. The van der Waals surface area contributed by atoms with E-state index in [9.17, 15) is 8.42 Å². The van der Waals surface area contributed by atoms with E-state index in [2.05, 4.69) is 22.1 Å². The second-order valence-corrected chi connectivity index (χ2v) is 11.6. The first-order valence-corrected chi connectivity index (χ1v) is 12.8. The average molecular weight is 473 g/mol. The van der Waals surface area contributed by atoms with Crippen LogP contribution >= 0.6 is 0 Å². The van der Waals surface area contributed by atoms with Crippen LogP contribution in [0.15, 0.2) is 24.3 Å². The van der Waals surface area contributed by atoms with E-state index in [1.807, 2.05) is 28.8 Å². The molecule has 2 aromatic heterocycles. The van der Waals surface area contributed by atoms with E-state index < -0.39 is 14.6 Å². The summed E-state index contributed by atoms with van der Waals surface area (Å²) in [4.78, 5) is 16.5. The molecular formula is C22H28N6O4S. The third-order valence-electron chi connectivity index (χ3n) is 6.52. The number of morpholine rings is 1. The van der Waals surface area contributed by atoms with Crippen LogP contribution < -0.4 is 15.0 Å². The minimum absolute atomic E-state index is 0.0125. The number of para-hydroxylation sites is 2. The fourth-order valence-electron chi connectivity index (χ4n) is 4.40. The van der Waals surface area contributed by atoms with Gasteiger partial charge >= 0.3 is 0 Å². The van der Waals surface area contributed by atoms with Crippen LogP contribution in [0.25, 0.3) is 17.0 Å². The fourth-order valence-corrected chi connectivity index (χ4v) is 4.89. The molecule has 176 valence electrons. The smallest absolute Gasteiger partial charge is 0.239 e. The van der Waals surface area contributed by atoms with Gasteiger partial charge in [-0.15, -0.1) is 0 Å². The highest BCUT2D eigenvalue weighted by Gasteiger charge is 2.44. The van der Waals surface area contributed by atoms with E-state index >= 15 is 0 Å². The predicted octanol–water partition coefficient (Wildman–Crippen LogP) is 2.12. The standard InChI is InChI=1S/C22H28N6O4S/c1-13-10-31-11-14-12-32-17-18(22(2,3)33(5,29)30)25-21(26-19(17)27(13)14)28-16-9-7-6-8-15(16)24-20(28)23-4/h6-9,13-14H,10-12H2,1-5H3,(H,23,24)/t13-,14+/m0/s1. The largest absolute Gasteiger partial charge is 0.486 e. The van der Waals surface area contributed by atoms with Crippen LogP contribution in [-0.4, -0.2) is 73.1 Å². The van der Waals surface area contributed by atoms with Gasteiger partial charge in [-0.1, -0.05) is 12.1 Å². The van der Waals surface area contributed by atoms with Gasteiger partial charge < -0.3 is 19.7 Å². The summed E-state index contributed by atoms with van der Waals surface area (Å²) < 4.78 is 38.0. The van der Waals surface area contributed by atoms with E-state index in [0.717, 1.165) is 11.0 Å². The van der Waals surface area contributed by atoms with Crippen molar-refractivity contribution in [1.29, 1.82) is 0 Å². The molecule has 10 nitrogen and oxygen atoms in total. The number of aromatic nitrogens is 4. The van der Waals surface area contributed by atoms with E-state index in [1.54, 1.807) is 20.9 Å². The first-order valence-electron chi connectivity index (χ1n) is 10.9. The summed E-state index contributed by atoms with van der Waals surface area (Å²) in [6.07, 6.45) is 1.22. The molecule has 0 amide bonds. The van der Waals surface area contributed by atoms with Crippen LogP contribution in [0.1, 0.15) is 26.5 Å². The normalized spacial score (nSPS) is 20.8. The third-order valence-corrected chi connectivity index (χ3v) is 8.57. The Kier molecular flexibility index (Phi) is 5.02. The zero-order valence-electron chi connectivity index (χ0n) is 19.4. The highest BCUT2D eigenvalue weighted by atomic mass is 32.2. The Hall–Kier alpha value is -2.92. The first kappa shape index (κ1) is 21.9. The van der Waals surface area contributed by atoms with Gasteiger partial charge in [0.1, 0.15) is 17.0 Å². The molecule has 2 aliphatic rings. The maximum absolute atomic E-state index is 12.8. The number of anilines is 2. The molecule has 33 heavy (non-hydrogen) atoms. The number of benzene rings is 1. The predicted molar refractivity (Wildman–Crippen MR) is 126 cm³/mol. The third kappa shape index (κ3) is 3.33. The van der Waals surface area contributed by atoms with Crippen LogP contribution in [0.5, 0.6) is 5.75 Å². The van der Waals surface area contributed by atoms with Crippen LogP contribution in [-0.2, 0) is 19.3 Å². The molecule has 1 aromatic carbocycles. The Bertz CT molecular complexity index is 1340. The van der Waals surface area contributed by atoms with Gasteiger partial charge in [-0.05, 0) is 32.9 Å². The minimum Gasteiger partial charge on any atom is -0.486 e. The van der Waals surface area contributed by atoms with Gasteiger partial charge in [-0.25, -0.2) is 23.0 Å². The lowest BCUT2D eigenvalue weighted by atomic mass is 10.0. The number of nitrogens with one attached hydrogen (secondary N) is 1. The van der Waals surface area contributed by atoms with Crippen molar-refractivity contribution < 1.29 is 17.9 Å². The zero-order valence-corrected chi connectivity index (χ0v) is 20.2. The number of nitrogens with zero attached hydrogens (tertiary/aromatic N) is 5. The number of rotatable bonds is 4. The molecule has 11 heteroatoms. The molecular weight excluding hydrogens is 444 g/mol. The molecule has 0 radical (unpaired) electrons. The van der Waals surface area contributed by atoms with E-state index in [1.165, 1.54) is 6.26 Å². The topological polar surface area (TPSA) is 111 Å². The number of hydrogen-bond donors (Lipinski definition) is 1. The lowest BCUT2D eigenvalue weighted by Gasteiger charge is -2.45. The van der Waals surface area contributed by atoms with Crippen molar-refractivity contribution in [3.05, 3.63) is 30.0 Å². The second kappa shape index (κ2) is 7.56. The quantitative estimate of drug-likeness (QED) is 0.610. The Morgan fingerprint density at radius 1 is 1.12 bits per heavy atom. The molecule has 0 unspecified atom stereocenters. The van der Waals surface area contributed by atoms with Gasteiger partial charge in [0.25, 0.3) is 0 Å². The van der Waals surface area contributed by atoms with Gasteiger partial charge in [-0.2, -0.15) is 4.98 Å². The number of sulfone groups is 1. The van der Waals surface area contributed by atoms with Crippen molar-refractivity contribution in [3.8, 4) is 11.7 Å². The molecule has 0 saturated carbocycles. The Morgan fingerprint density at radius 2 is 1.88 bits per heavy atom. The molecule has 0 bridgehead atoms. The van der Waals surface area contributed by atoms with Crippen LogP contribution in [0.2, 0.25) is 0 Å². The number of hydrogen-bond acceptors (Lipinski definition) is 9. The SMILES string of the molecule is CNc1nc2ccccc2n1-c1nc2c(c(C(C)(C)S(C)(=O)=O)n1)OC[C@H]1COC[C@H](C)N21. The van der Waals surface area contributed by atoms with Gasteiger partial charge in [0.15, 0.2) is 21.4 Å². The van der Waals surface area contributed by atoms with Crippen molar-refractivity contribution in [3.63, 3.8) is 0 Å². The summed E-state index contributed by atoms with van der Waals surface area (Å²) in [7, 11) is -1.75. The first-order chi connectivity index (χ1) is 15.6. The molecule has 0 spiro atoms. The lowest BCUT2D eigenvalue weighted by molar-refractivity contribution is 0.0482. The Morgan fingerprint density at radius 3 is 2.61 bits per heavy atom. The molecule has 2 atom stereocenters. The molecule has 1 fully saturated rings. The number of ether oxygens (including phenoxy) is 2. The van der Waals surface area contributed by atoms with Crippen LogP contribution in [0.4, 0.5) is 11.8 Å². The highest BCUT2D eigenvalue weighted by Crippen LogP contribution is 2.44. The summed E-state index contributed by atoms with van der Waals surface area (Å²) in [6, 6.07) is 7.72. The lowest BCUT2D eigenvalue weighted by Crippen LogP contribution is -2.56. The van der Waals surface area contributed by atoms with Crippen molar-refractivity contribution in [2.75, 3.05) is 43.3 Å². The monoisotopic (exact) mass is 472 g/mol. The molecule has 1 saturated heterocycles. The van der Waals surface area contributed by atoms with E-state index in [4.69, 9.17) is 19.4 Å². The summed E-state index contributed by atoms with van der Waals surface area (Å²) in [5, 5.41) is 3.11. The minimum atomic E-state index is -3.53. The van der Waals surface area contributed by atoms with Crippen LogP contribution in [0, 0.1) is 0 Å². The summed E-state index contributed by atoms with van der Waals surface area (Å²) in [5.74, 6) is 1.89. The van der Waals surface area contributed by atoms with E-state index in [0.29, 0.717) is 49.0 Å². The molecule has 1 N–H and O–H groups in total. The molecule has 4 heterocycles. The number of fused-ring (bicyclic) bond motifs is 4. The van der Waals surface area contributed by atoms with Crippen molar-refractivity contribution >= 4 is 32.6 Å². The van der Waals surface area contributed by atoms with Crippen molar-refractivity contribution in [2.24, 2.45) is 0 Å². The van der Waals surface area contributed by atoms with Gasteiger partial charge in [0.2, 0.25) is 11.9 Å². The summed E-state index contributed by atoms with van der Waals surface area (Å²) in [6.45, 7) is 6.81. The molecule has 3 aromatic rings. The Balaban J connectivity index is 1.83. The Labute approximate surface area is 192 Å². The summed E-state index contributed by atoms with van der Waals surface area (Å²) >= 11 is 0. The van der Waals surface area contributed by atoms with Crippen molar-refractivity contribution in [1.82, 2.24) is 19.5 Å².